The second-order valence-electron chi connectivity index (χ2n) is 3.87. The van der Waals surface area contributed by atoms with E-state index in [-0.39, 0.29) is 11.4 Å². The largest absolute Gasteiger partial charge is 0.242 e. The van der Waals surface area contributed by atoms with Crippen molar-refractivity contribution >= 4 is 10.0 Å². The van der Waals surface area contributed by atoms with Crippen LogP contribution in [0.25, 0.3) is 0 Å². The van der Waals surface area contributed by atoms with Gasteiger partial charge in [-0.25, -0.2) is 27.5 Å². The highest BCUT2D eigenvalue weighted by atomic mass is 32.2. The Morgan fingerprint density at radius 1 is 1.21 bits per heavy atom. The van der Waals surface area contributed by atoms with Crippen LogP contribution < -0.4 is 4.72 Å². The second-order valence-corrected chi connectivity index (χ2v) is 5.64. The van der Waals surface area contributed by atoms with E-state index in [9.17, 15) is 12.8 Å². The van der Waals surface area contributed by atoms with Gasteiger partial charge < -0.3 is 0 Å². The summed E-state index contributed by atoms with van der Waals surface area (Å²) < 4.78 is 39.0. The Labute approximate surface area is 110 Å². The van der Waals surface area contributed by atoms with Gasteiger partial charge in [0.15, 0.2) is 0 Å². The number of nitrogens with one attached hydrogen (secondary N) is 1. The van der Waals surface area contributed by atoms with E-state index in [0.29, 0.717) is 11.5 Å². The van der Waals surface area contributed by atoms with Gasteiger partial charge in [0.2, 0.25) is 10.0 Å². The lowest BCUT2D eigenvalue weighted by Crippen LogP contribution is -2.23. The third kappa shape index (κ3) is 3.55. The van der Waals surface area contributed by atoms with Crippen LogP contribution in [-0.2, 0) is 16.6 Å². The Kier molecular flexibility index (Phi) is 3.87. The molecule has 1 aromatic carbocycles. The van der Waals surface area contributed by atoms with Crippen LogP contribution in [0.1, 0.15) is 11.5 Å². The van der Waals surface area contributed by atoms with Gasteiger partial charge in [0.25, 0.3) is 0 Å². The maximum atomic E-state index is 12.7. The van der Waals surface area contributed by atoms with Crippen molar-refractivity contribution in [1.29, 1.82) is 0 Å². The molecule has 0 saturated heterocycles. The fourth-order valence-corrected chi connectivity index (χ4v) is 2.47. The molecular weight excluding hydrogens is 269 g/mol. The molecule has 0 aliphatic carbocycles. The monoisotopic (exact) mass is 281 g/mol. The first-order valence-electron chi connectivity index (χ1n) is 5.51. The summed E-state index contributed by atoms with van der Waals surface area (Å²) in [6.07, 6.45) is 1.56. The van der Waals surface area contributed by atoms with Gasteiger partial charge in [-0.05, 0) is 37.3 Å². The molecule has 0 amide bonds. The van der Waals surface area contributed by atoms with E-state index in [1.807, 2.05) is 0 Å². The number of sulfonamides is 1. The molecule has 2 rings (SSSR count). The van der Waals surface area contributed by atoms with Gasteiger partial charge in [-0.1, -0.05) is 0 Å². The third-order valence-electron chi connectivity index (χ3n) is 2.40. The van der Waals surface area contributed by atoms with Crippen molar-refractivity contribution in [3.05, 3.63) is 53.9 Å². The minimum absolute atomic E-state index is 0.0136. The number of benzene rings is 1. The van der Waals surface area contributed by atoms with E-state index < -0.39 is 15.8 Å². The number of halogens is 1. The van der Waals surface area contributed by atoms with Crippen LogP contribution in [0.3, 0.4) is 0 Å². The number of rotatable bonds is 4. The fraction of sp³-hybridized carbons (Fsp3) is 0.167. The first-order valence-corrected chi connectivity index (χ1v) is 6.99. The lowest BCUT2D eigenvalue weighted by atomic mass is 10.4. The normalized spacial score (nSPS) is 11.5. The Hall–Kier alpha value is -1.86. The highest BCUT2D eigenvalue weighted by molar-refractivity contribution is 7.89. The predicted octanol–water partition coefficient (Wildman–Crippen LogP) is 1.40. The van der Waals surface area contributed by atoms with Crippen molar-refractivity contribution in [2.75, 3.05) is 0 Å². The van der Waals surface area contributed by atoms with E-state index in [4.69, 9.17) is 0 Å². The van der Waals surface area contributed by atoms with E-state index >= 15 is 0 Å². The van der Waals surface area contributed by atoms with Gasteiger partial charge in [-0.15, -0.1) is 0 Å². The summed E-state index contributed by atoms with van der Waals surface area (Å²) in [5.74, 6) is 0.0869. The fourth-order valence-electron chi connectivity index (χ4n) is 1.47. The molecule has 19 heavy (non-hydrogen) atoms. The molecule has 0 bridgehead atoms. The maximum absolute atomic E-state index is 12.7. The molecular formula is C12H12FN3O2S. The van der Waals surface area contributed by atoms with Gasteiger partial charge in [-0.2, -0.15) is 0 Å². The summed E-state index contributed by atoms with van der Waals surface area (Å²) in [7, 11) is -3.67. The molecule has 1 heterocycles. The summed E-state index contributed by atoms with van der Waals surface area (Å²) in [5, 5.41) is 0. The quantitative estimate of drug-likeness (QED) is 0.919. The van der Waals surface area contributed by atoms with Gasteiger partial charge in [-0.3, -0.25) is 0 Å². The molecule has 7 heteroatoms. The van der Waals surface area contributed by atoms with Crippen LogP contribution in [0.2, 0.25) is 0 Å². The summed E-state index contributed by atoms with van der Waals surface area (Å²) in [5.41, 5.74) is 0.568. The number of hydrogen-bond donors (Lipinski definition) is 1. The Morgan fingerprint density at radius 3 is 2.53 bits per heavy atom. The van der Waals surface area contributed by atoms with Crippen LogP contribution in [-0.4, -0.2) is 18.4 Å². The third-order valence-corrected chi connectivity index (χ3v) is 3.82. The molecule has 1 N–H and O–H groups in total. The zero-order chi connectivity index (χ0) is 13.9. The number of nitrogens with zero attached hydrogens (tertiary/aromatic N) is 2. The smallest absolute Gasteiger partial charge is 0.240 e. The molecule has 5 nitrogen and oxygen atoms in total. The van der Waals surface area contributed by atoms with Crippen molar-refractivity contribution in [1.82, 2.24) is 14.7 Å². The average Bonchev–Trinajstić information content (AvgIpc) is 2.37. The van der Waals surface area contributed by atoms with Crippen molar-refractivity contribution in [2.45, 2.75) is 18.4 Å². The number of aromatic nitrogens is 2. The minimum Gasteiger partial charge on any atom is -0.242 e. The van der Waals surface area contributed by atoms with Gasteiger partial charge in [0.05, 0.1) is 17.1 Å². The Bertz CT molecular complexity index is 672. The van der Waals surface area contributed by atoms with Crippen LogP contribution in [0.4, 0.5) is 4.39 Å². The topological polar surface area (TPSA) is 72.0 Å². The predicted molar refractivity (Wildman–Crippen MR) is 67.2 cm³/mol. The molecule has 0 atom stereocenters. The molecule has 100 valence electrons. The summed E-state index contributed by atoms with van der Waals surface area (Å²) in [6, 6.07) is 6.25. The molecule has 2 aromatic rings. The van der Waals surface area contributed by atoms with Crippen molar-refractivity contribution in [3.8, 4) is 0 Å². The molecule has 0 saturated carbocycles. The highest BCUT2D eigenvalue weighted by Crippen LogP contribution is 2.10. The van der Waals surface area contributed by atoms with Crippen LogP contribution in [0.15, 0.2) is 41.4 Å². The number of aryl methyl sites for hydroxylation is 1. The second kappa shape index (κ2) is 5.41. The Balaban J connectivity index is 2.12. The van der Waals surface area contributed by atoms with Crippen LogP contribution >= 0.6 is 0 Å². The van der Waals surface area contributed by atoms with Crippen molar-refractivity contribution in [2.24, 2.45) is 0 Å². The Morgan fingerprint density at radius 2 is 1.89 bits per heavy atom. The lowest BCUT2D eigenvalue weighted by molar-refractivity contribution is 0.579. The van der Waals surface area contributed by atoms with Crippen LogP contribution in [0, 0.1) is 12.7 Å². The SMILES string of the molecule is Cc1nccc(CNS(=O)(=O)c2ccc(F)cc2)n1. The van der Waals surface area contributed by atoms with Crippen LogP contribution in [0.5, 0.6) is 0 Å². The first kappa shape index (κ1) is 13.6. The van der Waals surface area contributed by atoms with E-state index in [1.54, 1.807) is 19.2 Å². The van der Waals surface area contributed by atoms with Crippen molar-refractivity contribution < 1.29 is 12.8 Å². The van der Waals surface area contributed by atoms with E-state index in [0.717, 1.165) is 12.1 Å². The van der Waals surface area contributed by atoms with Gasteiger partial charge >= 0.3 is 0 Å². The molecule has 0 unspecified atom stereocenters. The lowest BCUT2D eigenvalue weighted by Gasteiger charge is -2.06. The summed E-state index contributed by atoms with van der Waals surface area (Å²) >= 11 is 0. The first-order chi connectivity index (χ1) is 8.97. The molecule has 0 aliphatic heterocycles. The molecule has 0 fully saturated rings. The van der Waals surface area contributed by atoms with E-state index in [2.05, 4.69) is 14.7 Å². The average molecular weight is 281 g/mol. The zero-order valence-corrected chi connectivity index (χ0v) is 11.0. The number of hydrogen-bond acceptors (Lipinski definition) is 4. The molecule has 0 radical (unpaired) electrons. The van der Waals surface area contributed by atoms with Gasteiger partial charge in [0, 0.05) is 6.20 Å². The van der Waals surface area contributed by atoms with E-state index in [1.165, 1.54) is 12.1 Å². The summed E-state index contributed by atoms with van der Waals surface area (Å²) in [6.45, 7) is 1.78. The molecule has 0 aliphatic rings. The standard InChI is InChI=1S/C12H12FN3O2S/c1-9-14-7-6-11(16-9)8-15-19(17,18)12-4-2-10(13)3-5-12/h2-7,15H,8H2,1H3. The molecule has 0 spiro atoms. The highest BCUT2D eigenvalue weighted by Gasteiger charge is 2.13. The van der Waals surface area contributed by atoms with Gasteiger partial charge in [0.1, 0.15) is 11.6 Å². The summed E-state index contributed by atoms with van der Waals surface area (Å²) in [4.78, 5) is 8.02. The maximum Gasteiger partial charge on any atom is 0.240 e. The van der Waals surface area contributed by atoms with Crippen molar-refractivity contribution in [3.63, 3.8) is 0 Å². The minimum atomic E-state index is -3.67. The zero-order valence-electron chi connectivity index (χ0n) is 10.2. The molecule has 1 aromatic heterocycles.